The van der Waals surface area contributed by atoms with Gasteiger partial charge < -0.3 is 33.2 Å². The molecule has 17 rings (SSSR count). The molecule has 16 bridgehead atoms. The summed E-state index contributed by atoms with van der Waals surface area (Å²) in [5.74, 6) is 20.4. The highest BCUT2D eigenvalue weighted by molar-refractivity contribution is 5.92. The quantitative estimate of drug-likeness (QED) is 0.0606. The van der Waals surface area contributed by atoms with Gasteiger partial charge >= 0.3 is 47.8 Å². The molecule has 107 heavy (non-hydrogen) atoms. The number of methoxy groups -OCH3 is 6. The van der Waals surface area contributed by atoms with E-state index in [4.69, 9.17) is 9.47 Å². The molecule has 16 aliphatic carbocycles. The fourth-order valence-corrected chi connectivity index (χ4v) is 26.2. The molecule has 28 unspecified atom stereocenters. The van der Waals surface area contributed by atoms with Crippen molar-refractivity contribution in [3.05, 3.63) is 95.2 Å². The molecule has 1 heterocycles. The number of esters is 8. The van der Waals surface area contributed by atoms with Gasteiger partial charge in [0.25, 0.3) is 0 Å². The summed E-state index contributed by atoms with van der Waals surface area (Å²) in [7, 11) is 8.57. The van der Waals surface area contributed by atoms with Gasteiger partial charge in [-0.3, -0.25) is 19.2 Å². The summed E-state index contributed by atoms with van der Waals surface area (Å²) in [6, 6.07) is 0. The standard InChI is InChI=1S/2C16H22O2.2C16H24.4C6H10O2.C4H4O3/c2*1-8-11-7-12(16(8,2)15(17)18-3)14-10-5-4-9(6-10)13(11)14;2*1-15(2)11-8-12(16(15,3)4)14-10-6-5-9(7-10)13(11)14;4*1-4-5(2)6(7)8-3;5-3-1-2-4(6)7-3/h2*4-5,8-14H,6-7H2,1-3H3;2*5-6,9-14H,7-8H2,1-4H3;4*4H,1-3H3;1-2H2/b;;;;4*5-4+;. The van der Waals surface area contributed by atoms with Crippen LogP contribution >= 0.6 is 0 Å². The topological polar surface area (TPSA) is 201 Å². The Hall–Kier alpha value is -6.12. The fraction of sp³-hybridized carbons (Fsp3) is 0.739. The van der Waals surface area contributed by atoms with E-state index in [-0.39, 0.29) is 59.5 Å². The van der Waals surface area contributed by atoms with Crippen molar-refractivity contribution in [2.75, 3.05) is 42.7 Å². The number of hydrogen-bond donors (Lipinski definition) is 0. The first kappa shape index (κ1) is 84.9. The monoisotopic (exact) mass is 1480 g/mol. The second kappa shape index (κ2) is 32.7. The lowest BCUT2D eigenvalue weighted by Gasteiger charge is -2.52. The zero-order valence-electron chi connectivity index (χ0n) is 70.1. The zero-order valence-corrected chi connectivity index (χ0v) is 70.1. The van der Waals surface area contributed by atoms with E-state index in [1.54, 1.807) is 93.9 Å². The highest BCUT2D eigenvalue weighted by Crippen LogP contribution is 2.79. The van der Waals surface area contributed by atoms with Gasteiger partial charge in [0.2, 0.25) is 0 Å². The Morgan fingerprint density at radius 1 is 0.327 bits per heavy atom. The number of carbonyl (C=O) groups is 8. The first-order valence-electron chi connectivity index (χ1n) is 40.7. The van der Waals surface area contributed by atoms with Crippen molar-refractivity contribution in [3.63, 3.8) is 0 Å². The third-order valence-electron chi connectivity index (χ3n) is 33.7. The van der Waals surface area contributed by atoms with Crippen molar-refractivity contribution >= 4 is 47.8 Å². The second-order valence-electron chi connectivity index (χ2n) is 37.5. The predicted octanol–water partition coefficient (Wildman–Crippen LogP) is 18.4. The molecule has 0 aromatic heterocycles. The van der Waals surface area contributed by atoms with Gasteiger partial charge in [-0.2, -0.15) is 0 Å². The Morgan fingerprint density at radius 3 is 0.701 bits per heavy atom. The normalized spacial score (nSPS) is 42.0. The van der Waals surface area contributed by atoms with E-state index >= 15 is 0 Å². The number of ether oxygens (including phenoxy) is 7. The summed E-state index contributed by atoms with van der Waals surface area (Å²) in [6.07, 6.45) is 38.6. The van der Waals surface area contributed by atoms with Crippen molar-refractivity contribution in [3.8, 4) is 0 Å². The molecule has 15 heteroatoms. The molecular formula is C92H136O15. The van der Waals surface area contributed by atoms with Crippen LogP contribution in [0.3, 0.4) is 0 Å². The van der Waals surface area contributed by atoms with E-state index < -0.39 is 11.9 Å². The number of rotatable bonds is 6. The molecule has 0 aromatic rings. The smallest absolute Gasteiger partial charge is 0.333 e. The van der Waals surface area contributed by atoms with E-state index in [1.165, 1.54) is 79.8 Å². The fourth-order valence-electron chi connectivity index (χ4n) is 26.2. The molecule has 0 N–H and O–H groups in total. The van der Waals surface area contributed by atoms with Crippen LogP contribution in [0.2, 0.25) is 0 Å². The summed E-state index contributed by atoms with van der Waals surface area (Å²) < 4.78 is 31.9. The van der Waals surface area contributed by atoms with Crippen LogP contribution in [-0.2, 0) is 71.5 Å². The number of cyclic esters (lactones) is 2. The Morgan fingerprint density at radius 2 is 0.533 bits per heavy atom. The average molecular weight is 1480 g/mol. The zero-order chi connectivity index (χ0) is 79.4. The molecule has 17 aliphatic rings. The minimum Gasteiger partial charge on any atom is -0.469 e. The van der Waals surface area contributed by atoms with Gasteiger partial charge in [-0.1, -0.05) is 142 Å². The molecule has 1 aliphatic heterocycles. The van der Waals surface area contributed by atoms with Gasteiger partial charge in [0, 0.05) is 22.3 Å². The molecule has 1 saturated heterocycles. The molecule has 0 spiro atoms. The van der Waals surface area contributed by atoms with Crippen LogP contribution in [0.15, 0.2) is 95.2 Å². The second-order valence-corrected chi connectivity index (χ2v) is 37.5. The van der Waals surface area contributed by atoms with Crippen molar-refractivity contribution in [1.82, 2.24) is 0 Å². The van der Waals surface area contributed by atoms with E-state index in [9.17, 15) is 38.4 Å². The number of hydrogen-bond acceptors (Lipinski definition) is 15. The summed E-state index contributed by atoms with van der Waals surface area (Å²) in [5, 5.41) is 0. The van der Waals surface area contributed by atoms with Crippen molar-refractivity contribution in [1.29, 1.82) is 0 Å². The summed E-state index contributed by atoms with van der Waals surface area (Å²) in [6.45, 7) is 43.3. The molecule has 15 nitrogen and oxygen atoms in total. The lowest BCUT2D eigenvalue weighted by molar-refractivity contribution is -0.162. The lowest BCUT2D eigenvalue weighted by atomic mass is 9.52. The van der Waals surface area contributed by atoms with Gasteiger partial charge in [0.1, 0.15) is 0 Å². The van der Waals surface area contributed by atoms with E-state index in [0.717, 1.165) is 130 Å². The largest absolute Gasteiger partial charge is 0.469 e. The highest BCUT2D eigenvalue weighted by Gasteiger charge is 2.74. The van der Waals surface area contributed by atoms with Gasteiger partial charge in [-0.25, -0.2) is 19.2 Å². The van der Waals surface area contributed by atoms with Crippen LogP contribution < -0.4 is 0 Å². The van der Waals surface area contributed by atoms with Crippen molar-refractivity contribution in [2.24, 2.45) is 186 Å². The van der Waals surface area contributed by atoms with Crippen LogP contribution in [0.1, 0.15) is 203 Å². The number of fused-ring (bicyclic) bond motifs is 36. The molecule has 0 aromatic carbocycles. The lowest BCUT2D eigenvalue weighted by Crippen LogP contribution is -2.47. The maximum absolute atomic E-state index is 12.3. The minimum atomic E-state index is -0.398. The maximum Gasteiger partial charge on any atom is 0.333 e. The molecular weight excluding hydrogens is 1340 g/mol. The van der Waals surface area contributed by atoms with Crippen LogP contribution in [0.25, 0.3) is 0 Å². The third kappa shape index (κ3) is 14.5. The van der Waals surface area contributed by atoms with Gasteiger partial charge in [-0.15, -0.1) is 0 Å². The molecule has 0 radical (unpaired) electrons. The van der Waals surface area contributed by atoms with Crippen LogP contribution in [-0.4, -0.2) is 90.4 Å². The molecule has 13 fully saturated rings. The Bertz CT molecular complexity index is 3240. The van der Waals surface area contributed by atoms with Crippen LogP contribution in [0.5, 0.6) is 0 Å². The van der Waals surface area contributed by atoms with Crippen molar-refractivity contribution in [2.45, 2.75) is 203 Å². The molecule has 594 valence electrons. The molecule has 0 amide bonds. The third-order valence-corrected chi connectivity index (χ3v) is 33.7. The van der Waals surface area contributed by atoms with Gasteiger partial charge in [0.05, 0.1) is 66.3 Å². The SMILES string of the molecule is C/C=C(\C)C(=O)OC.C/C=C(\C)C(=O)OC.C/C=C(\C)C(=O)OC.C/C=C(\C)C(=O)OC.CC1(C)C2CC(C3C4C=CC(C4)C32)C1(C)C.CC1(C)C2CC(C3C4C=CC(C4)C32)C1(C)C.COC(=O)C1(C)C(C)C2CC1C1C3C=CC(C3)C21.COC(=O)C1(C)C(C)C2CC1C1C3C=CC(C3)C21.O=C1CCC(=O)O1. The summed E-state index contributed by atoms with van der Waals surface area (Å²) >= 11 is 0. The molecule has 12 saturated carbocycles. The summed E-state index contributed by atoms with van der Waals surface area (Å²) in [4.78, 5) is 86.4. The van der Waals surface area contributed by atoms with Crippen LogP contribution in [0, 0.1) is 186 Å². The number of carbonyl (C=O) groups excluding carboxylic acids is 8. The highest BCUT2D eigenvalue weighted by atomic mass is 16.6. The Kier molecular flexibility index (Phi) is 25.9. The number of allylic oxidation sites excluding steroid dienone is 12. The Balaban J connectivity index is 0.000000143. The van der Waals surface area contributed by atoms with Crippen molar-refractivity contribution < 1.29 is 71.5 Å². The first-order valence-corrected chi connectivity index (χ1v) is 40.7. The van der Waals surface area contributed by atoms with E-state index in [2.05, 4.69) is 155 Å². The average Bonchev–Trinajstić information content (AvgIpc) is 1.54. The summed E-state index contributed by atoms with van der Waals surface area (Å²) in [5.41, 5.74) is 4.40. The molecule has 28 atom stereocenters. The Labute approximate surface area is 642 Å². The first-order chi connectivity index (χ1) is 50.2. The predicted molar refractivity (Wildman–Crippen MR) is 417 cm³/mol. The van der Waals surface area contributed by atoms with Gasteiger partial charge in [0.15, 0.2) is 0 Å². The maximum atomic E-state index is 12.3. The van der Waals surface area contributed by atoms with E-state index in [1.807, 2.05) is 0 Å². The van der Waals surface area contributed by atoms with Gasteiger partial charge in [-0.05, 0) is 296 Å². The van der Waals surface area contributed by atoms with Crippen LogP contribution in [0.4, 0.5) is 0 Å². The minimum absolute atomic E-state index is 0.0349. The van der Waals surface area contributed by atoms with E-state index in [0.29, 0.717) is 67.6 Å².